The lowest BCUT2D eigenvalue weighted by molar-refractivity contribution is -0.116. The number of carbonyl (C=O) groups is 1. The van der Waals surface area contributed by atoms with Crippen LogP contribution in [0, 0.1) is 0 Å². The monoisotopic (exact) mass is 291 g/mol. The highest BCUT2D eigenvalue weighted by molar-refractivity contribution is 5.90. The fourth-order valence-corrected chi connectivity index (χ4v) is 2.34. The Labute approximate surface area is 128 Å². The normalized spacial score (nSPS) is 12.4. The van der Waals surface area contributed by atoms with Gasteiger partial charge in [0.15, 0.2) is 0 Å². The van der Waals surface area contributed by atoms with E-state index in [0.29, 0.717) is 19.0 Å². The molecule has 21 heavy (non-hydrogen) atoms. The number of nitrogens with zero attached hydrogens (tertiary/aromatic N) is 1. The van der Waals surface area contributed by atoms with Gasteiger partial charge in [0, 0.05) is 24.7 Å². The zero-order valence-electron chi connectivity index (χ0n) is 13.6. The standard InChI is InChI=1S/C17H29N3O/c1-4-14(3)20(5-2)12-6-7-17(21)19-16-10-8-15(13-18)9-11-16/h8-11,14H,4-7,12-13,18H2,1-3H3,(H,19,21). The van der Waals surface area contributed by atoms with Crippen molar-refractivity contribution < 1.29 is 4.79 Å². The minimum atomic E-state index is 0.0794. The summed E-state index contributed by atoms with van der Waals surface area (Å²) in [7, 11) is 0. The number of amides is 1. The van der Waals surface area contributed by atoms with Gasteiger partial charge >= 0.3 is 0 Å². The summed E-state index contributed by atoms with van der Waals surface area (Å²) in [5, 5.41) is 2.93. The van der Waals surface area contributed by atoms with Gasteiger partial charge in [-0.1, -0.05) is 26.0 Å². The molecule has 1 aromatic carbocycles. The summed E-state index contributed by atoms with van der Waals surface area (Å²) in [6.45, 7) is 9.15. The van der Waals surface area contributed by atoms with E-state index in [4.69, 9.17) is 5.73 Å². The molecule has 0 saturated heterocycles. The van der Waals surface area contributed by atoms with Crippen LogP contribution in [0.5, 0.6) is 0 Å². The third-order valence-electron chi connectivity index (χ3n) is 3.94. The minimum Gasteiger partial charge on any atom is -0.326 e. The van der Waals surface area contributed by atoms with Crippen molar-refractivity contribution in [1.29, 1.82) is 0 Å². The second-order valence-corrected chi connectivity index (χ2v) is 5.44. The van der Waals surface area contributed by atoms with Crippen LogP contribution in [0.15, 0.2) is 24.3 Å². The summed E-state index contributed by atoms with van der Waals surface area (Å²) in [5.74, 6) is 0.0794. The Bertz CT molecular complexity index is 417. The molecule has 3 N–H and O–H groups in total. The number of carbonyl (C=O) groups excluding carboxylic acids is 1. The van der Waals surface area contributed by atoms with Crippen molar-refractivity contribution in [2.45, 2.75) is 52.6 Å². The summed E-state index contributed by atoms with van der Waals surface area (Å²) >= 11 is 0. The molecule has 118 valence electrons. The van der Waals surface area contributed by atoms with E-state index in [-0.39, 0.29) is 5.91 Å². The van der Waals surface area contributed by atoms with Crippen molar-refractivity contribution in [2.24, 2.45) is 5.73 Å². The maximum Gasteiger partial charge on any atom is 0.224 e. The molecule has 0 fully saturated rings. The predicted octanol–water partition coefficient (Wildman–Crippen LogP) is 2.98. The quantitative estimate of drug-likeness (QED) is 0.735. The first-order valence-corrected chi connectivity index (χ1v) is 7.93. The second-order valence-electron chi connectivity index (χ2n) is 5.44. The van der Waals surface area contributed by atoms with Crippen LogP contribution >= 0.6 is 0 Å². The maximum atomic E-state index is 11.9. The molecule has 0 aliphatic carbocycles. The van der Waals surface area contributed by atoms with E-state index in [1.807, 2.05) is 24.3 Å². The van der Waals surface area contributed by atoms with Crippen LogP contribution in [0.1, 0.15) is 45.6 Å². The molecular weight excluding hydrogens is 262 g/mol. The molecule has 1 amide bonds. The molecule has 0 spiro atoms. The minimum absolute atomic E-state index is 0.0794. The van der Waals surface area contributed by atoms with Crippen LogP contribution in [-0.2, 0) is 11.3 Å². The molecule has 0 aliphatic rings. The Kier molecular flexibility index (Phi) is 8.01. The number of nitrogens with one attached hydrogen (secondary N) is 1. The highest BCUT2D eigenvalue weighted by atomic mass is 16.1. The molecule has 0 bridgehead atoms. The second kappa shape index (κ2) is 9.53. The smallest absolute Gasteiger partial charge is 0.224 e. The summed E-state index contributed by atoms with van der Waals surface area (Å²) in [6.07, 6.45) is 2.60. The average molecular weight is 291 g/mol. The average Bonchev–Trinajstić information content (AvgIpc) is 2.51. The van der Waals surface area contributed by atoms with Crippen LogP contribution in [-0.4, -0.2) is 29.9 Å². The number of nitrogens with two attached hydrogens (primary N) is 1. The van der Waals surface area contributed by atoms with E-state index >= 15 is 0 Å². The number of benzene rings is 1. The van der Waals surface area contributed by atoms with Crippen LogP contribution in [0.4, 0.5) is 5.69 Å². The first-order chi connectivity index (χ1) is 10.1. The SMILES string of the molecule is CCC(C)N(CC)CCCC(=O)Nc1ccc(CN)cc1. The number of rotatable bonds is 9. The largest absolute Gasteiger partial charge is 0.326 e. The maximum absolute atomic E-state index is 11.9. The Morgan fingerprint density at radius 3 is 2.48 bits per heavy atom. The van der Waals surface area contributed by atoms with Crippen LogP contribution < -0.4 is 11.1 Å². The molecule has 1 rings (SSSR count). The van der Waals surface area contributed by atoms with E-state index in [1.165, 1.54) is 0 Å². The van der Waals surface area contributed by atoms with Crippen molar-refractivity contribution in [1.82, 2.24) is 4.90 Å². The molecule has 0 aromatic heterocycles. The summed E-state index contributed by atoms with van der Waals surface area (Å²) in [4.78, 5) is 14.3. The molecule has 0 heterocycles. The van der Waals surface area contributed by atoms with E-state index in [9.17, 15) is 4.79 Å². The summed E-state index contributed by atoms with van der Waals surface area (Å²) in [6, 6.07) is 8.27. The molecule has 0 radical (unpaired) electrons. The zero-order chi connectivity index (χ0) is 15.7. The highest BCUT2D eigenvalue weighted by Gasteiger charge is 2.10. The fraction of sp³-hybridized carbons (Fsp3) is 0.588. The van der Waals surface area contributed by atoms with E-state index < -0.39 is 0 Å². The predicted molar refractivity (Wildman–Crippen MR) is 89.2 cm³/mol. The van der Waals surface area contributed by atoms with Crippen LogP contribution in [0.2, 0.25) is 0 Å². The Balaban J connectivity index is 2.33. The lowest BCUT2D eigenvalue weighted by Gasteiger charge is -2.26. The first kappa shape index (κ1) is 17.7. The van der Waals surface area contributed by atoms with Crippen molar-refractivity contribution in [2.75, 3.05) is 18.4 Å². The van der Waals surface area contributed by atoms with Crippen molar-refractivity contribution in [3.05, 3.63) is 29.8 Å². The molecule has 4 nitrogen and oxygen atoms in total. The van der Waals surface area contributed by atoms with Gasteiger partial charge in [-0.3, -0.25) is 4.79 Å². The van der Waals surface area contributed by atoms with Gasteiger partial charge < -0.3 is 16.0 Å². The van der Waals surface area contributed by atoms with Gasteiger partial charge in [-0.05, 0) is 50.6 Å². The van der Waals surface area contributed by atoms with E-state index in [1.54, 1.807) is 0 Å². The zero-order valence-corrected chi connectivity index (χ0v) is 13.6. The van der Waals surface area contributed by atoms with Gasteiger partial charge in [-0.2, -0.15) is 0 Å². The van der Waals surface area contributed by atoms with Gasteiger partial charge in [0.05, 0.1) is 0 Å². The molecule has 1 aromatic rings. The topological polar surface area (TPSA) is 58.4 Å². The Morgan fingerprint density at radius 1 is 1.29 bits per heavy atom. The van der Waals surface area contributed by atoms with Crippen molar-refractivity contribution >= 4 is 11.6 Å². The highest BCUT2D eigenvalue weighted by Crippen LogP contribution is 2.10. The third kappa shape index (κ3) is 6.27. The van der Waals surface area contributed by atoms with Crippen LogP contribution in [0.3, 0.4) is 0 Å². The lowest BCUT2D eigenvalue weighted by atomic mass is 10.2. The molecule has 1 unspecified atom stereocenters. The van der Waals surface area contributed by atoms with E-state index in [2.05, 4.69) is 31.0 Å². The van der Waals surface area contributed by atoms with Gasteiger partial charge in [-0.25, -0.2) is 0 Å². The van der Waals surface area contributed by atoms with Gasteiger partial charge in [0.2, 0.25) is 5.91 Å². The van der Waals surface area contributed by atoms with E-state index in [0.717, 1.165) is 37.2 Å². The Morgan fingerprint density at radius 2 is 1.95 bits per heavy atom. The number of hydrogen-bond donors (Lipinski definition) is 2. The molecule has 0 aliphatic heterocycles. The van der Waals surface area contributed by atoms with Crippen molar-refractivity contribution in [3.63, 3.8) is 0 Å². The van der Waals surface area contributed by atoms with Gasteiger partial charge in [0.25, 0.3) is 0 Å². The third-order valence-corrected chi connectivity index (χ3v) is 3.94. The van der Waals surface area contributed by atoms with Crippen molar-refractivity contribution in [3.8, 4) is 0 Å². The molecule has 1 atom stereocenters. The lowest BCUT2D eigenvalue weighted by Crippen LogP contribution is -2.33. The molecule has 4 heteroatoms. The van der Waals surface area contributed by atoms with Gasteiger partial charge in [0.1, 0.15) is 0 Å². The molecular formula is C17H29N3O. The van der Waals surface area contributed by atoms with Gasteiger partial charge in [-0.15, -0.1) is 0 Å². The Hall–Kier alpha value is -1.39. The molecule has 0 saturated carbocycles. The number of hydrogen-bond acceptors (Lipinski definition) is 3. The van der Waals surface area contributed by atoms with Crippen LogP contribution in [0.25, 0.3) is 0 Å². The fourth-order valence-electron chi connectivity index (χ4n) is 2.34. The first-order valence-electron chi connectivity index (χ1n) is 7.93. The summed E-state index contributed by atoms with van der Waals surface area (Å²) < 4.78 is 0. The summed E-state index contributed by atoms with van der Waals surface area (Å²) in [5.41, 5.74) is 7.46. The number of anilines is 1.